The molecule has 0 saturated carbocycles. The van der Waals surface area contributed by atoms with Crippen molar-refractivity contribution >= 4 is 49.3 Å². The first-order valence-electron chi connectivity index (χ1n) is 8.47. The Morgan fingerprint density at radius 1 is 1.18 bits per heavy atom. The highest BCUT2D eigenvalue weighted by Crippen LogP contribution is 2.42. The van der Waals surface area contributed by atoms with Crippen LogP contribution in [0.25, 0.3) is 11.0 Å². The smallest absolute Gasteiger partial charge is 0.297 e. The molecule has 0 unspecified atom stereocenters. The van der Waals surface area contributed by atoms with E-state index in [4.69, 9.17) is 4.42 Å². The first-order valence-corrected chi connectivity index (χ1v) is 10.1. The van der Waals surface area contributed by atoms with E-state index in [9.17, 15) is 9.59 Å². The van der Waals surface area contributed by atoms with Crippen LogP contribution in [-0.2, 0) is 0 Å². The van der Waals surface area contributed by atoms with Gasteiger partial charge in [0, 0.05) is 4.47 Å². The van der Waals surface area contributed by atoms with Crippen LogP contribution in [0.3, 0.4) is 0 Å². The molecule has 0 aliphatic carbocycles. The summed E-state index contributed by atoms with van der Waals surface area (Å²) in [7, 11) is 0. The second-order valence-electron chi connectivity index (χ2n) is 6.53. The number of aryl methyl sites for hydroxylation is 1. The molecule has 28 heavy (non-hydrogen) atoms. The van der Waals surface area contributed by atoms with Gasteiger partial charge < -0.3 is 4.42 Å². The van der Waals surface area contributed by atoms with Gasteiger partial charge in [-0.15, -0.1) is 10.2 Å². The van der Waals surface area contributed by atoms with Gasteiger partial charge in [0.1, 0.15) is 11.1 Å². The summed E-state index contributed by atoms with van der Waals surface area (Å²) < 4.78 is 6.77. The fourth-order valence-corrected chi connectivity index (χ4v) is 4.55. The maximum Gasteiger partial charge on any atom is 0.297 e. The van der Waals surface area contributed by atoms with E-state index in [0.717, 1.165) is 15.6 Å². The van der Waals surface area contributed by atoms with E-state index in [0.29, 0.717) is 21.7 Å². The minimum Gasteiger partial charge on any atom is -0.450 e. The zero-order chi connectivity index (χ0) is 19.4. The Morgan fingerprint density at radius 2 is 2.04 bits per heavy atom. The van der Waals surface area contributed by atoms with Crippen molar-refractivity contribution in [2.24, 2.45) is 0 Å². The third-order valence-corrected chi connectivity index (χ3v) is 5.93. The summed E-state index contributed by atoms with van der Waals surface area (Å²) in [4.78, 5) is 28.2. The molecule has 4 aromatic rings. The van der Waals surface area contributed by atoms with Gasteiger partial charge in [0.2, 0.25) is 10.9 Å². The Bertz CT molecular complexity index is 1300. The van der Waals surface area contributed by atoms with Gasteiger partial charge in [-0.3, -0.25) is 14.5 Å². The van der Waals surface area contributed by atoms with Crippen molar-refractivity contribution in [1.29, 1.82) is 0 Å². The van der Waals surface area contributed by atoms with Crippen LogP contribution in [0.5, 0.6) is 0 Å². The lowest BCUT2D eigenvalue weighted by Gasteiger charge is -2.22. The van der Waals surface area contributed by atoms with Crippen molar-refractivity contribution < 1.29 is 9.21 Å². The predicted octanol–water partition coefficient (Wildman–Crippen LogP) is 4.47. The second kappa shape index (κ2) is 6.35. The third-order valence-electron chi connectivity index (χ3n) is 4.74. The largest absolute Gasteiger partial charge is 0.450 e. The second-order valence-corrected chi connectivity index (χ2v) is 8.25. The normalized spacial score (nSPS) is 16.0. The number of benzene rings is 2. The number of carbonyl (C=O) groups excluding carboxylic acids is 1. The summed E-state index contributed by atoms with van der Waals surface area (Å²) in [5.41, 5.74) is 3.81. The summed E-state index contributed by atoms with van der Waals surface area (Å²) in [6.45, 7) is 1.91. The average Bonchev–Trinajstić information content (AvgIpc) is 3.29. The molecule has 2 aromatic carbocycles. The van der Waals surface area contributed by atoms with E-state index in [1.165, 1.54) is 16.2 Å². The number of anilines is 1. The summed E-state index contributed by atoms with van der Waals surface area (Å²) in [5.74, 6) is -0.335. The molecule has 1 aliphatic heterocycles. The van der Waals surface area contributed by atoms with Gasteiger partial charge >= 0.3 is 0 Å². The molecular formula is C20H12BrN3O3S. The van der Waals surface area contributed by atoms with Gasteiger partial charge in [0.05, 0.1) is 17.0 Å². The van der Waals surface area contributed by atoms with Crippen molar-refractivity contribution in [3.8, 4) is 0 Å². The molecule has 5 rings (SSSR count). The molecule has 1 amide bonds. The zero-order valence-electron chi connectivity index (χ0n) is 14.5. The summed E-state index contributed by atoms with van der Waals surface area (Å²) >= 11 is 4.71. The lowest BCUT2D eigenvalue weighted by atomic mass is 9.98. The SMILES string of the molecule is Cc1ccc2oc3c(c(=O)c2c1)[C@H](c1cccc(Br)c1)N(c1nncs1)C3=O. The molecule has 8 heteroatoms. The van der Waals surface area contributed by atoms with Crippen LogP contribution in [-0.4, -0.2) is 16.1 Å². The van der Waals surface area contributed by atoms with E-state index in [1.54, 1.807) is 17.6 Å². The van der Waals surface area contributed by atoms with Crippen LogP contribution in [0, 0.1) is 6.92 Å². The molecule has 0 bridgehead atoms. The Balaban J connectivity index is 1.85. The Labute approximate surface area is 171 Å². The number of hydrogen-bond donors (Lipinski definition) is 0. The molecule has 6 nitrogen and oxygen atoms in total. The Hall–Kier alpha value is -2.84. The molecule has 0 radical (unpaired) electrons. The minimum absolute atomic E-state index is 0.0570. The molecule has 0 spiro atoms. The number of fused-ring (bicyclic) bond motifs is 2. The van der Waals surface area contributed by atoms with E-state index in [1.807, 2.05) is 37.3 Å². The highest BCUT2D eigenvalue weighted by Gasteiger charge is 2.45. The van der Waals surface area contributed by atoms with Crippen LogP contribution in [0.4, 0.5) is 5.13 Å². The number of aromatic nitrogens is 2. The number of halogens is 1. The molecule has 3 heterocycles. The van der Waals surface area contributed by atoms with Gasteiger partial charge in [-0.05, 0) is 36.8 Å². The van der Waals surface area contributed by atoms with E-state index >= 15 is 0 Å². The van der Waals surface area contributed by atoms with Gasteiger partial charge in [-0.1, -0.05) is 51.0 Å². The Kier molecular flexibility index (Phi) is 3.92. The van der Waals surface area contributed by atoms with Crippen molar-refractivity contribution in [2.75, 3.05) is 4.90 Å². The van der Waals surface area contributed by atoms with Crippen LogP contribution in [0.2, 0.25) is 0 Å². The van der Waals surface area contributed by atoms with Crippen LogP contribution < -0.4 is 10.3 Å². The van der Waals surface area contributed by atoms with E-state index in [-0.39, 0.29) is 11.2 Å². The number of rotatable bonds is 2. The number of carbonyl (C=O) groups is 1. The molecule has 0 saturated heterocycles. The molecule has 138 valence electrons. The van der Waals surface area contributed by atoms with Crippen molar-refractivity contribution in [3.05, 3.63) is 85.1 Å². The molecule has 2 aromatic heterocycles. The molecular weight excluding hydrogens is 442 g/mol. The number of nitrogens with zero attached hydrogens (tertiary/aromatic N) is 3. The van der Waals surface area contributed by atoms with Gasteiger partial charge in [-0.2, -0.15) is 0 Å². The van der Waals surface area contributed by atoms with Crippen molar-refractivity contribution in [3.63, 3.8) is 0 Å². The standard InChI is InChI=1S/C20H12BrN3O3S/c1-10-5-6-14-13(7-10)17(25)15-16(11-3-2-4-12(21)8-11)24(19(26)18(15)27-14)20-23-22-9-28-20/h2-9,16H,1H3/t16-/m0/s1. The number of amides is 1. The van der Waals surface area contributed by atoms with Crippen molar-refractivity contribution in [1.82, 2.24) is 10.2 Å². The lowest BCUT2D eigenvalue weighted by molar-refractivity contribution is 0.0970. The predicted molar refractivity (Wildman–Crippen MR) is 110 cm³/mol. The van der Waals surface area contributed by atoms with Gasteiger partial charge in [-0.25, -0.2) is 0 Å². The first kappa shape index (κ1) is 17.3. The lowest BCUT2D eigenvalue weighted by Crippen LogP contribution is -2.29. The maximum atomic E-state index is 13.4. The third kappa shape index (κ3) is 2.52. The molecule has 1 aliphatic rings. The highest BCUT2D eigenvalue weighted by atomic mass is 79.9. The summed E-state index contributed by atoms with van der Waals surface area (Å²) in [5, 5.41) is 8.80. The van der Waals surface area contributed by atoms with Crippen molar-refractivity contribution in [2.45, 2.75) is 13.0 Å². The first-order chi connectivity index (χ1) is 13.5. The monoisotopic (exact) mass is 453 g/mol. The molecule has 0 fully saturated rings. The zero-order valence-corrected chi connectivity index (χ0v) is 17.0. The van der Waals surface area contributed by atoms with Gasteiger partial charge in [0.15, 0.2) is 5.43 Å². The van der Waals surface area contributed by atoms with E-state index in [2.05, 4.69) is 26.1 Å². The average molecular weight is 454 g/mol. The van der Waals surface area contributed by atoms with Crippen LogP contribution in [0.1, 0.15) is 33.3 Å². The quantitative estimate of drug-likeness (QED) is 0.447. The fraction of sp³-hybridized carbons (Fsp3) is 0.100. The van der Waals surface area contributed by atoms with Gasteiger partial charge in [0.25, 0.3) is 5.91 Å². The number of hydrogen-bond acceptors (Lipinski definition) is 6. The Morgan fingerprint density at radius 3 is 2.79 bits per heavy atom. The molecule has 1 atom stereocenters. The highest BCUT2D eigenvalue weighted by molar-refractivity contribution is 9.10. The maximum absolute atomic E-state index is 13.4. The topological polar surface area (TPSA) is 76.3 Å². The van der Waals surface area contributed by atoms with Crippen LogP contribution in [0.15, 0.2) is 61.7 Å². The summed E-state index contributed by atoms with van der Waals surface area (Å²) in [6.07, 6.45) is 0. The minimum atomic E-state index is -0.630. The fourth-order valence-electron chi connectivity index (χ4n) is 3.55. The van der Waals surface area contributed by atoms with Crippen LogP contribution >= 0.6 is 27.3 Å². The van der Waals surface area contributed by atoms with E-state index < -0.39 is 11.9 Å². The summed E-state index contributed by atoms with van der Waals surface area (Å²) in [6, 6.07) is 12.3. The molecule has 0 N–H and O–H groups in total.